The van der Waals surface area contributed by atoms with E-state index >= 15 is 0 Å². The molecule has 0 amide bonds. The number of rotatable bonds is 11. The van der Waals surface area contributed by atoms with E-state index in [2.05, 4.69) is 46.9 Å². The Hall–Kier alpha value is -0.530. The molecular formula is C17H24INO2S. The molecule has 0 aromatic heterocycles. The number of thiocarbonyl (C=S) groups is 1. The van der Waals surface area contributed by atoms with Crippen LogP contribution in [0.1, 0.15) is 50.5 Å². The van der Waals surface area contributed by atoms with Crippen molar-refractivity contribution in [3.8, 4) is 0 Å². The highest BCUT2D eigenvalue weighted by Crippen LogP contribution is 2.12. The van der Waals surface area contributed by atoms with Crippen LogP contribution in [0.4, 0.5) is 0 Å². The number of aliphatic carboxylic acids is 1. The van der Waals surface area contributed by atoms with Gasteiger partial charge in [-0.15, -0.1) is 0 Å². The number of carbonyl (C=O) groups is 1. The molecule has 0 fully saturated rings. The van der Waals surface area contributed by atoms with E-state index in [1.165, 1.54) is 9.13 Å². The fourth-order valence-corrected chi connectivity index (χ4v) is 2.90. The van der Waals surface area contributed by atoms with Crippen molar-refractivity contribution in [1.82, 2.24) is 0 Å². The molecule has 1 rings (SSSR count). The maximum Gasteiger partial charge on any atom is 0.320 e. The van der Waals surface area contributed by atoms with E-state index in [1.54, 1.807) is 0 Å². The number of nitrogens with two attached hydrogens (primary N) is 1. The molecule has 1 aromatic carbocycles. The minimum absolute atomic E-state index is 0.550. The Balaban J connectivity index is 2.04. The van der Waals surface area contributed by atoms with E-state index in [-0.39, 0.29) is 0 Å². The van der Waals surface area contributed by atoms with Gasteiger partial charge in [0.25, 0.3) is 0 Å². The summed E-state index contributed by atoms with van der Waals surface area (Å²) in [6.07, 6.45) is 7.58. The van der Waals surface area contributed by atoms with Crippen molar-refractivity contribution in [3.63, 3.8) is 0 Å². The zero-order valence-electron chi connectivity index (χ0n) is 12.8. The summed E-state index contributed by atoms with van der Waals surface area (Å²) >= 11 is 7.73. The fourth-order valence-electron chi connectivity index (χ4n) is 2.25. The molecule has 22 heavy (non-hydrogen) atoms. The third-order valence-electron chi connectivity index (χ3n) is 3.62. The lowest BCUT2D eigenvalue weighted by atomic mass is 10.0. The van der Waals surface area contributed by atoms with E-state index in [0.717, 1.165) is 49.8 Å². The van der Waals surface area contributed by atoms with Crippen LogP contribution in [-0.2, 0) is 11.2 Å². The number of hydrogen-bond donors (Lipinski definition) is 2. The zero-order chi connectivity index (χ0) is 16.4. The Morgan fingerprint density at radius 1 is 1.14 bits per heavy atom. The lowest BCUT2D eigenvalue weighted by molar-refractivity contribution is -0.138. The monoisotopic (exact) mass is 433 g/mol. The molecule has 1 aromatic rings. The predicted molar refractivity (Wildman–Crippen MR) is 103 cm³/mol. The first-order chi connectivity index (χ1) is 10.5. The third kappa shape index (κ3) is 8.80. The average Bonchev–Trinajstić information content (AvgIpc) is 2.48. The van der Waals surface area contributed by atoms with Crippen molar-refractivity contribution >= 4 is 45.6 Å². The second-order valence-electron chi connectivity index (χ2n) is 5.56. The average molecular weight is 433 g/mol. The van der Waals surface area contributed by atoms with E-state index < -0.39 is 12.0 Å². The Labute approximate surface area is 151 Å². The van der Waals surface area contributed by atoms with Gasteiger partial charge >= 0.3 is 5.97 Å². The van der Waals surface area contributed by atoms with Crippen LogP contribution in [0, 0.1) is 3.57 Å². The Morgan fingerprint density at radius 2 is 1.77 bits per heavy atom. The molecule has 0 aliphatic rings. The van der Waals surface area contributed by atoms with Gasteiger partial charge in [0.2, 0.25) is 0 Å². The molecule has 122 valence electrons. The SMILES string of the molecule is N[C@@H](CCCCCC(=S)CCCc1ccc(I)cc1)C(=O)O. The highest BCUT2D eigenvalue weighted by atomic mass is 127. The zero-order valence-corrected chi connectivity index (χ0v) is 15.7. The number of hydrogen-bond acceptors (Lipinski definition) is 3. The molecule has 5 heteroatoms. The van der Waals surface area contributed by atoms with Gasteiger partial charge in [-0.05, 0) is 83.7 Å². The largest absolute Gasteiger partial charge is 0.480 e. The van der Waals surface area contributed by atoms with Gasteiger partial charge in [-0.3, -0.25) is 4.79 Å². The van der Waals surface area contributed by atoms with Crippen molar-refractivity contribution in [1.29, 1.82) is 0 Å². The van der Waals surface area contributed by atoms with Gasteiger partial charge in [0, 0.05) is 3.57 Å². The maximum atomic E-state index is 10.6. The molecule has 0 radical (unpaired) electrons. The van der Waals surface area contributed by atoms with E-state index in [0.29, 0.717) is 6.42 Å². The van der Waals surface area contributed by atoms with Crippen LogP contribution in [0.2, 0.25) is 0 Å². The lowest BCUT2D eigenvalue weighted by Crippen LogP contribution is -2.29. The molecule has 0 unspecified atom stereocenters. The summed E-state index contributed by atoms with van der Waals surface area (Å²) in [6, 6.07) is 7.90. The Kier molecular flexibility index (Phi) is 9.82. The first-order valence-corrected chi connectivity index (χ1v) is 9.22. The summed E-state index contributed by atoms with van der Waals surface area (Å²) in [4.78, 5) is 11.7. The molecule has 0 aliphatic carbocycles. The first kappa shape index (κ1) is 19.5. The van der Waals surface area contributed by atoms with Gasteiger partial charge in [0.15, 0.2) is 0 Å². The minimum Gasteiger partial charge on any atom is -0.480 e. The molecule has 0 spiro atoms. The number of halogens is 1. The van der Waals surface area contributed by atoms with Crippen LogP contribution in [0.3, 0.4) is 0 Å². The van der Waals surface area contributed by atoms with Crippen LogP contribution in [0.15, 0.2) is 24.3 Å². The standard InChI is InChI=1S/C17H24INO2S/c18-14-11-9-13(10-12-14)5-4-7-15(22)6-2-1-3-8-16(19)17(20)21/h9-12,16H,1-8,19H2,(H,20,21)/t16-/m0/s1. The van der Waals surface area contributed by atoms with Crippen molar-refractivity contribution in [2.24, 2.45) is 5.73 Å². The first-order valence-electron chi connectivity index (χ1n) is 7.73. The van der Waals surface area contributed by atoms with Gasteiger partial charge in [0.05, 0.1) is 0 Å². The number of carboxylic acids is 1. The second-order valence-corrected chi connectivity index (χ2v) is 7.39. The van der Waals surface area contributed by atoms with Gasteiger partial charge in [-0.1, -0.05) is 37.2 Å². The smallest absolute Gasteiger partial charge is 0.320 e. The summed E-state index contributed by atoms with van der Waals surface area (Å²) in [5.74, 6) is -0.911. The minimum atomic E-state index is -0.911. The molecule has 0 saturated carbocycles. The van der Waals surface area contributed by atoms with Gasteiger partial charge in [0.1, 0.15) is 6.04 Å². The molecule has 0 bridgehead atoms. The summed E-state index contributed by atoms with van der Waals surface area (Å²) < 4.78 is 1.26. The highest BCUT2D eigenvalue weighted by Gasteiger charge is 2.10. The van der Waals surface area contributed by atoms with Crippen molar-refractivity contribution in [2.75, 3.05) is 0 Å². The normalized spacial score (nSPS) is 12.1. The topological polar surface area (TPSA) is 63.3 Å². The van der Waals surface area contributed by atoms with Gasteiger partial charge < -0.3 is 10.8 Å². The molecule has 1 atom stereocenters. The van der Waals surface area contributed by atoms with E-state index in [4.69, 9.17) is 23.1 Å². The number of unbranched alkanes of at least 4 members (excludes halogenated alkanes) is 2. The molecular weight excluding hydrogens is 409 g/mol. The highest BCUT2D eigenvalue weighted by molar-refractivity contribution is 14.1. The molecule has 0 heterocycles. The molecule has 3 nitrogen and oxygen atoms in total. The van der Waals surface area contributed by atoms with Crippen molar-refractivity contribution < 1.29 is 9.90 Å². The Morgan fingerprint density at radius 3 is 2.41 bits per heavy atom. The molecule has 0 saturated heterocycles. The summed E-state index contributed by atoms with van der Waals surface area (Å²) in [6.45, 7) is 0. The summed E-state index contributed by atoms with van der Waals surface area (Å²) in [5, 5.41) is 8.69. The van der Waals surface area contributed by atoms with E-state index in [9.17, 15) is 4.79 Å². The van der Waals surface area contributed by atoms with Crippen LogP contribution in [0.25, 0.3) is 0 Å². The third-order valence-corrected chi connectivity index (χ3v) is 4.75. The Bertz CT molecular complexity index is 476. The molecule has 0 aliphatic heterocycles. The van der Waals surface area contributed by atoms with E-state index in [1.807, 2.05) is 0 Å². The van der Waals surface area contributed by atoms with Crippen molar-refractivity contribution in [3.05, 3.63) is 33.4 Å². The van der Waals surface area contributed by atoms with Gasteiger partial charge in [-0.25, -0.2) is 0 Å². The quantitative estimate of drug-likeness (QED) is 0.310. The maximum absolute atomic E-state index is 10.6. The predicted octanol–water partition coefficient (Wildman–Crippen LogP) is 4.35. The summed E-state index contributed by atoms with van der Waals surface area (Å²) in [5.41, 5.74) is 6.83. The molecule has 3 N–H and O–H groups in total. The lowest BCUT2D eigenvalue weighted by Gasteiger charge is -2.07. The van der Waals surface area contributed by atoms with Crippen LogP contribution < -0.4 is 5.73 Å². The van der Waals surface area contributed by atoms with Gasteiger partial charge in [-0.2, -0.15) is 0 Å². The van der Waals surface area contributed by atoms with Crippen LogP contribution in [0.5, 0.6) is 0 Å². The fraction of sp³-hybridized carbons (Fsp3) is 0.529. The number of aryl methyl sites for hydroxylation is 1. The van der Waals surface area contributed by atoms with Crippen LogP contribution >= 0.6 is 34.8 Å². The van der Waals surface area contributed by atoms with Crippen LogP contribution in [-0.4, -0.2) is 22.0 Å². The number of benzene rings is 1. The second kappa shape index (κ2) is 11.1. The number of carboxylic acid groups (broad SMARTS) is 1. The summed E-state index contributed by atoms with van der Waals surface area (Å²) in [7, 11) is 0. The van der Waals surface area contributed by atoms with Crippen molar-refractivity contribution in [2.45, 2.75) is 57.4 Å².